The number of methoxy groups -OCH3 is 1. The van der Waals surface area contributed by atoms with Crippen molar-refractivity contribution in [2.75, 3.05) is 18.0 Å². The van der Waals surface area contributed by atoms with E-state index in [1.165, 1.54) is 24.1 Å². The van der Waals surface area contributed by atoms with Crippen LogP contribution >= 0.6 is 0 Å². The summed E-state index contributed by atoms with van der Waals surface area (Å²) in [5, 5.41) is 3.14. The van der Waals surface area contributed by atoms with Crippen LogP contribution in [0.3, 0.4) is 0 Å². The first-order valence-corrected chi connectivity index (χ1v) is 15.9. The third-order valence-electron chi connectivity index (χ3n) is 7.75. The van der Waals surface area contributed by atoms with Gasteiger partial charge in [0.25, 0.3) is 10.0 Å². The Bertz CT molecular complexity index is 1480. The van der Waals surface area contributed by atoms with Crippen molar-refractivity contribution < 1.29 is 22.7 Å². The Labute approximate surface area is 249 Å². The van der Waals surface area contributed by atoms with Crippen molar-refractivity contribution >= 4 is 27.5 Å². The van der Waals surface area contributed by atoms with Gasteiger partial charge in [0.1, 0.15) is 18.3 Å². The van der Waals surface area contributed by atoms with E-state index in [-0.39, 0.29) is 23.4 Å². The average molecular weight is 592 g/mol. The van der Waals surface area contributed by atoms with Crippen LogP contribution in [0.1, 0.15) is 55.7 Å². The van der Waals surface area contributed by atoms with E-state index in [1.807, 2.05) is 45.0 Å². The number of hydrogen-bond acceptors (Lipinski definition) is 5. The number of anilines is 1. The van der Waals surface area contributed by atoms with E-state index >= 15 is 0 Å². The zero-order valence-corrected chi connectivity index (χ0v) is 25.7. The molecule has 0 aliphatic heterocycles. The lowest BCUT2D eigenvalue weighted by Crippen LogP contribution is -2.53. The average Bonchev–Trinajstić information content (AvgIpc) is 3.49. The van der Waals surface area contributed by atoms with Gasteiger partial charge in [0.05, 0.1) is 17.7 Å². The standard InChI is InChI=1S/C33H41N3O5S/c1-5-31(33(38)34-27-12-6-7-13-27)35(22-26-11-8-10-25(3)20-26)32(37)23-36(28-14-9-15-29(21-28)41-4)42(39,40)30-18-16-24(2)17-19-30/h8-11,14-21,27,31H,5-7,12-13,22-23H2,1-4H3,(H,34,38)/t31-/m1/s1. The molecule has 1 aliphatic carbocycles. The second-order valence-corrected chi connectivity index (χ2v) is 12.8. The third kappa shape index (κ3) is 7.50. The highest BCUT2D eigenvalue weighted by Gasteiger charge is 2.34. The third-order valence-corrected chi connectivity index (χ3v) is 9.54. The van der Waals surface area contributed by atoms with Gasteiger partial charge in [0, 0.05) is 18.7 Å². The van der Waals surface area contributed by atoms with Crippen LogP contribution in [0.4, 0.5) is 5.69 Å². The van der Waals surface area contributed by atoms with E-state index in [4.69, 9.17) is 4.74 Å². The van der Waals surface area contributed by atoms with Crippen LogP contribution in [0.15, 0.2) is 77.7 Å². The van der Waals surface area contributed by atoms with Crippen molar-refractivity contribution in [2.45, 2.75) is 76.4 Å². The van der Waals surface area contributed by atoms with E-state index in [9.17, 15) is 18.0 Å². The second kappa shape index (κ2) is 13.9. The summed E-state index contributed by atoms with van der Waals surface area (Å²) in [7, 11) is -2.64. The number of ether oxygens (including phenoxy) is 1. The van der Waals surface area contributed by atoms with Gasteiger partial charge in [-0.15, -0.1) is 0 Å². The molecule has 224 valence electrons. The molecule has 0 bridgehead atoms. The van der Waals surface area contributed by atoms with Crippen LogP contribution in [0, 0.1) is 13.8 Å². The first kappa shape index (κ1) is 31.1. The minimum absolute atomic E-state index is 0.0694. The van der Waals surface area contributed by atoms with Gasteiger partial charge >= 0.3 is 0 Å². The summed E-state index contributed by atoms with van der Waals surface area (Å²) in [6.07, 6.45) is 4.37. The maximum atomic E-state index is 14.3. The molecule has 3 aromatic rings. The first-order chi connectivity index (χ1) is 20.1. The van der Waals surface area contributed by atoms with Gasteiger partial charge in [0.2, 0.25) is 11.8 Å². The highest BCUT2D eigenvalue weighted by molar-refractivity contribution is 7.92. The Kier molecular flexibility index (Phi) is 10.3. The Morgan fingerprint density at radius 2 is 1.64 bits per heavy atom. The molecule has 0 radical (unpaired) electrons. The fourth-order valence-electron chi connectivity index (χ4n) is 5.43. The number of sulfonamides is 1. The van der Waals surface area contributed by atoms with Gasteiger partial charge in [-0.25, -0.2) is 8.42 Å². The largest absolute Gasteiger partial charge is 0.497 e. The van der Waals surface area contributed by atoms with Crippen LogP contribution in [0.5, 0.6) is 5.75 Å². The maximum Gasteiger partial charge on any atom is 0.264 e. The molecule has 1 aliphatic rings. The molecule has 4 rings (SSSR count). The zero-order chi connectivity index (χ0) is 30.3. The molecule has 1 N–H and O–H groups in total. The second-order valence-electron chi connectivity index (χ2n) is 11.0. The molecule has 0 aromatic heterocycles. The van der Waals surface area contributed by atoms with Crippen LogP contribution in [-0.2, 0) is 26.2 Å². The van der Waals surface area contributed by atoms with Crippen molar-refractivity contribution in [3.05, 3.63) is 89.5 Å². The van der Waals surface area contributed by atoms with Crippen LogP contribution < -0.4 is 14.4 Å². The van der Waals surface area contributed by atoms with Crippen LogP contribution in [0.25, 0.3) is 0 Å². The Morgan fingerprint density at radius 3 is 2.29 bits per heavy atom. The fourth-order valence-corrected chi connectivity index (χ4v) is 6.83. The summed E-state index contributed by atoms with van der Waals surface area (Å²) in [5.41, 5.74) is 3.11. The van der Waals surface area contributed by atoms with Crippen molar-refractivity contribution in [1.82, 2.24) is 10.2 Å². The molecular formula is C33H41N3O5S. The number of carbonyl (C=O) groups excluding carboxylic acids is 2. The Morgan fingerprint density at radius 1 is 0.952 bits per heavy atom. The highest BCUT2D eigenvalue weighted by Crippen LogP contribution is 2.28. The van der Waals surface area contributed by atoms with Gasteiger partial charge in [-0.05, 0) is 62.9 Å². The van der Waals surface area contributed by atoms with Gasteiger partial charge in [-0.2, -0.15) is 0 Å². The molecule has 1 fully saturated rings. The van der Waals surface area contributed by atoms with Gasteiger partial charge in [-0.1, -0.05) is 73.4 Å². The normalized spacial score (nSPS) is 14.3. The highest BCUT2D eigenvalue weighted by atomic mass is 32.2. The summed E-state index contributed by atoms with van der Waals surface area (Å²) in [6, 6.07) is 20.3. The lowest BCUT2D eigenvalue weighted by Gasteiger charge is -2.34. The minimum atomic E-state index is -4.15. The number of carbonyl (C=O) groups is 2. The zero-order valence-electron chi connectivity index (χ0n) is 24.9. The number of hydrogen-bond donors (Lipinski definition) is 1. The lowest BCUT2D eigenvalue weighted by atomic mass is 10.1. The van der Waals surface area contributed by atoms with Crippen LogP contribution in [-0.4, -0.2) is 50.9 Å². The molecule has 2 amide bonds. The molecule has 42 heavy (non-hydrogen) atoms. The van der Waals surface area contributed by atoms with Gasteiger partial charge in [0.15, 0.2) is 0 Å². The van der Waals surface area contributed by atoms with E-state index in [1.54, 1.807) is 36.4 Å². The molecular weight excluding hydrogens is 550 g/mol. The number of rotatable bonds is 12. The smallest absolute Gasteiger partial charge is 0.264 e. The number of nitrogens with one attached hydrogen (secondary N) is 1. The minimum Gasteiger partial charge on any atom is -0.497 e. The lowest BCUT2D eigenvalue weighted by molar-refractivity contribution is -0.140. The van der Waals surface area contributed by atoms with E-state index in [0.717, 1.165) is 46.7 Å². The number of nitrogens with zero attached hydrogens (tertiary/aromatic N) is 2. The van der Waals surface area contributed by atoms with E-state index in [0.29, 0.717) is 17.9 Å². The molecule has 0 spiro atoms. The molecule has 3 aromatic carbocycles. The van der Waals surface area contributed by atoms with Gasteiger partial charge in [-0.3, -0.25) is 13.9 Å². The summed E-state index contributed by atoms with van der Waals surface area (Å²) < 4.78 is 34.6. The Balaban J connectivity index is 1.73. The summed E-state index contributed by atoms with van der Waals surface area (Å²) >= 11 is 0. The maximum absolute atomic E-state index is 14.3. The van der Waals surface area contributed by atoms with Crippen molar-refractivity contribution in [1.29, 1.82) is 0 Å². The predicted molar refractivity (Wildman–Crippen MR) is 165 cm³/mol. The molecule has 1 atom stereocenters. The monoisotopic (exact) mass is 591 g/mol. The topological polar surface area (TPSA) is 96.0 Å². The van der Waals surface area contributed by atoms with E-state index in [2.05, 4.69) is 5.32 Å². The van der Waals surface area contributed by atoms with E-state index < -0.39 is 28.5 Å². The number of benzene rings is 3. The van der Waals surface area contributed by atoms with Crippen LogP contribution in [0.2, 0.25) is 0 Å². The molecule has 1 saturated carbocycles. The molecule has 8 nitrogen and oxygen atoms in total. The SMILES string of the molecule is CC[C@H](C(=O)NC1CCCC1)N(Cc1cccc(C)c1)C(=O)CN(c1cccc(OC)c1)S(=O)(=O)c1ccc(C)cc1. The molecule has 0 saturated heterocycles. The van der Waals surface area contributed by atoms with Crippen molar-refractivity contribution in [3.8, 4) is 5.75 Å². The Hall–Kier alpha value is -3.85. The predicted octanol–water partition coefficient (Wildman–Crippen LogP) is 5.37. The van der Waals surface area contributed by atoms with Crippen molar-refractivity contribution in [3.63, 3.8) is 0 Å². The summed E-state index contributed by atoms with van der Waals surface area (Å²) in [4.78, 5) is 29.4. The van der Waals surface area contributed by atoms with Gasteiger partial charge < -0.3 is 15.0 Å². The summed E-state index contributed by atoms with van der Waals surface area (Å²) in [5.74, 6) is -0.216. The first-order valence-electron chi connectivity index (χ1n) is 14.5. The number of amides is 2. The summed E-state index contributed by atoms with van der Waals surface area (Å²) in [6.45, 7) is 5.41. The number of aryl methyl sites for hydroxylation is 2. The fraction of sp³-hybridized carbons (Fsp3) is 0.394. The molecule has 0 unspecified atom stereocenters. The molecule has 0 heterocycles. The van der Waals surface area contributed by atoms with Crippen molar-refractivity contribution in [2.24, 2.45) is 0 Å². The quantitative estimate of drug-likeness (QED) is 0.305. The molecule has 9 heteroatoms.